The van der Waals surface area contributed by atoms with Crippen LogP contribution in [0.3, 0.4) is 0 Å². The molecule has 2 aromatic carbocycles. The molecule has 24 heavy (non-hydrogen) atoms. The summed E-state index contributed by atoms with van der Waals surface area (Å²) in [5.41, 5.74) is 0.487. The second-order valence-corrected chi connectivity index (χ2v) is 6.82. The Morgan fingerprint density at radius 2 is 1.79 bits per heavy atom. The van der Waals surface area contributed by atoms with Crippen LogP contribution in [0.25, 0.3) is 10.8 Å². The third kappa shape index (κ3) is 3.27. The summed E-state index contributed by atoms with van der Waals surface area (Å²) < 4.78 is 26.8. The van der Waals surface area contributed by atoms with Gasteiger partial charge >= 0.3 is 0 Å². The second kappa shape index (κ2) is 6.38. The first kappa shape index (κ1) is 16.1. The molecule has 0 unspecified atom stereocenters. The number of sulfonamides is 1. The molecule has 0 radical (unpaired) electrons. The van der Waals surface area contributed by atoms with Crippen LogP contribution in [0, 0.1) is 0 Å². The standard InChI is InChI=1S/C17H14N2O4S/c20-11-15-7-5-14(10-18-15)17(21)19-24(22,23)16-8-6-12-3-1-2-4-13(12)9-16/h1-10,20H,11H2,(H,19,21). The number of hydrogen-bond donors (Lipinski definition) is 2. The quantitative estimate of drug-likeness (QED) is 0.754. The summed E-state index contributed by atoms with van der Waals surface area (Å²) in [7, 11) is -3.99. The summed E-state index contributed by atoms with van der Waals surface area (Å²) in [6, 6.07) is 14.9. The summed E-state index contributed by atoms with van der Waals surface area (Å²) in [5, 5.41) is 10.6. The molecule has 1 amide bonds. The number of benzene rings is 2. The number of carbonyl (C=O) groups excluding carboxylic acids is 1. The van der Waals surface area contributed by atoms with Gasteiger partial charge in [-0.2, -0.15) is 0 Å². The third-order valence-corrected chi connectivity index (χ3v) is 4.84. The number of aliphatic hydroxyl groups excluding tert-OH is 1. The van der Waals surface area contributed by atoms with Crippen LogP contribution < -0.4 is 4.72 Å². The van der Waals surface area contributed by atoms with Crippen LogP contribution in [0.15, 0.2) is 65.7 Å². The van der Waals surface area contributed by atoms with Gasteiger partial charge in [-0.15, -0.1) is 0 Å². The molecule has 6 nitrogen and oxygen atoms in total. The number of pyridine rings is 1. The first-order chi connectivity index (χ1) is 11.5. The molecule has 0 saturated carbocycles. The number of aliphatic hydroxyl groups is 1. The second-order valence-electron chi connectivity index (χ2n) is 5.14. The highest BCUT2D eigenvalue weighted by molar-refractivity contribution is 7.90. The SMILES string of the molecule is O=C(NS(=O)(=O)c1ccc2ccccc2c1)c1ccc(CO)nc1. The summed E-state index contributed by atoms with van der Waals surface area (Å²) in [6.07, 6.45) is 1.22. The lowest BCUT2D eigenvalue weighted by atomic mass is 10.1. The lowest BCUT2D eigenvalue weighted by molar-refractivity contribution is 0.0981. The zero-order valence-electron chi connectivity index (χ0n) is 12.5. The Labute approximate surface area is 138 Å². The van der Waals surface area contributed by atoms with Crippen LogP contribution in [-0.2, 0) is 16.6 Å². The van der Waals surface area contributed by atoms with Crippen molar-refractivity contribution in [3.05, 3.63) is 72.1 Å². The minimum atomic E-state index is -3.99. The van der Waals surface area contributed by atoms with Gasteiger partial charge in [-0.25, -0.2) is 13.1 Å². The molecular weight excluding hydrogens is 328 g/mol. The number of hydrogen-bond acceptors (Lipinski definition) is 5. The first-order valence-corrected chi connectivity index (χ1v) is 8.60. The molecule has 122 valence electrons. The zero-order chi connectivity index (χ0) is 17.2. The average molecular weight is 342 g/mol. The van der Waals surface area contributed by atoms with Crippen molar-refractivity contribution < 1.29 is 18.3 Å². The largest absolute Gasteiger partial charge is 0.390 e. The van der Waals surface area contributed by atoms with Crippen molar-refractivity contribution in [2.75, 3.05) is 0 Å². The van der Waals surface area contributed by atoms with E-state index in [0.717, 1.165) is 10.8 Å². The molecule has 1 aromatic heterocycles. The van der Waals surface area contributed by atoms with E-state index in [1.165, 1.54) is 30.5 Å². The minimum absolute atomic E-state index is 0.00878. The van der Waals surface area contributed by atoms with Crippen LogP contribution in [0.1, 0.15) is 16.1 Å². The number of nitrogens with one attached hydrogen (secondary N) is 1. The van der Waals surface area contributed by atoms with E-state index >= 15 is 0 Å². The number of rotatable bonds is 4. The van der Waals surface area contributed by atoms with Crippen LogP contribution in [-0.4, -0.2) is 24.4 Å². The fourth-order valence-corrected chi connectivity index (χ4v) is 3.24. The summed E-state index contributed by atoms with van der Waals surface area (Å²) in [6.45, 7) is -0.253. The zero-order valence-corrected chi connectivity index (χ0v) is 13.3. The van der Waals surface area contributed by atoms with Crippen molar-refractivity contribution in [1.29, 1.82) is 0 Å². The average Bonchev–Trinajstić information content (AvgIpc) is 2.61. The van der Waals surface area contributed by atoms with E-state index in [1.807, 2.05) is 22.9 Å². The molecule has 0 aliphatic carbocycles. The van der Waals surface area contributed by atoms with Crippen molar-refractivity contribution >= 4 is 26.7 Å². The molecule has 0 aliphatic heterocycles. The maximum atomic E-state index is 12.4. The fourth-order valence-electron chi connectivity index (χ4n) is 2.23. The van der Waals surface area contributed by atoms with Gasteiger partial charge in [0.1, 0.15) is 0 Å². The van der Waals surface area contributed by atoms with E-state index in [2.05, 4.69) is 4.98 Å². The minimum Gasteiger partial charge on any atom is -0.390 e. The van der Waals surface area contributed by atoms with Gasteiger partial charge in [-0.1, -0.05) is 30.3 Å². The number of nitrogens with zero attached hydrogens (tertiary/aromatic N) is 1. The molecule has 1 heterocycles. The molecule has 7 heteroatoms. The van der Waals surface area contributed by atoms with Gasteiger partial charge in [0.2, 0.25) is 0 Å². The highest BCUT2D eigenvalue weighted by Gasteiger charge is 2.19. The van der Waals surface area contributed by atoms with Crippen molar-refractivity contribution in [3.63, 3.8) is 0 Å². The molecule has 0 saturated heterocycles. The third-order valence-electron chi connectivity index (χ3n) is 3.51. The fraction of sp³-hybridized carbons (Fsp3) is 0.0588. The van der Waals surface area contributed by atoms with E-state index in [-0.39, 0.29) is 17.1 Å². The molecule has 0 bridgehead atoms. The predicted octanol–water partition coefficient (Wildman–Crippen LogP) is 1.85. The summed E-state index contributed by atoms with van der Waals surface area (Å²) in [4.78, 5) is 16.0. The lowest BCUT2D eigenvalue weighted by Gasteiger charge is -2.08. The summed E-state index contributed by atoms with van der Waals surface area (Å²) in [5.74, 6) is -0.778. The molecule has 0 fully saturated rings. The van der Waals surface area contributed by atoms with Crippen LogP contribution in [0.2, 0.25) is 0 Å². The molecule has 3 aromatic rings. The number of aromatic nitrogens is 1. The van der Waals surface area contributed by atoms with E-state index in [1.54, 1.807) is 12.1 Å². The molecular formula is C17H14N2O4S. The highest BCUT2D eigenvalue weighted by Crippen LogP contribution is 2.19. The Hall–Kier alpha value is -2.77. The van der Waals surface area contributed by atoms with Gasteiger partial charge in [0.05, 0.1) is 22.8 Å². The number of carbonyl (C=O) groups is 1. The Morgan fingerprint density at radius 3 is 2.46 bits per heavy atom. The monoisotopic (exact) mass is 342 g/mol. The number of amides is 1. The Morgan fingerprint density at radius 1 is 1.04 bits per heavy atom. The Kier molecular flexibility index (Phi) is 4.28. The molecule has 0 aliphatic rings. The highest BCUT2D eigenvalue weighted by atomic mass is 32.2. The molecule has 3 rings (SSSR count). The smallest absolute Gasteiger partial charge is 0.266 e. The normalized spacial score (nSPS) is 11.4. The van der Waals surface area contributed by atoms with Gasteiger partial charge < -0.3 is 5.11 Å². The van der Waals surface area contributed by atoms with Crippen molar-refractivity contribution in [1.82, 2.24) is 9.71 Å². The summed E-state index contributed by atoms with van der Waals surface area (Å²) >= 11 is 0. The van der Waals surface area contributed by atoms with E-state index < -0.39 is 15.9 Å². The van der Waals surface area contributed by atoms with Crippen LogP contribution in [0.5, 0.6) is 0 Å². The Bertz CT molecular complexity index is 999. The predicted molar refractivity (Wildman–Crippen MR) is 88.8 cm³/mol. The maximum Gasteiger partial charge on any atom is 0.266 e. The van der Waals surface area contributed by atoms with E-state index in [0.29, 0.717) is 5.69 Å². The van der Waals surface area contributed by atoms with Gasteiger partial charge in [-0.3, -0.25) is 9.78 Å². The maximum absolute atomic E-state index is 12.4. The number of fused-ring (bicyclic) bond motifs is 1. The van der Waals surface area contributed by atoms with Gasteiger partial charge in [0, 0.05) is 6.20 Å². The molecule has 0 atom stereocenters. The molecule has 0 spiro atoms. The van der Waals surface area contributed by atoms with Crippen molar-refractivity contribution in [3.8, 4) is 0 Å². The Balaban J connectivity index is 1.87. The van der Waals surface area contributed by atoms with Gasteiger partial charge in [0.25, 0.3) is 15.9 Å². The van der Waals surface area contributed by atoms with Gasteiger partial charge in [0.15, 0.2) is 0 Å². The molecule has 2 N–H and O–H groups in total. The van der Waals surface area contributed by atoms with Gasteiger partial charge in [-0.05, 0) is 35.0 Å². The van der Waals surface area contributed by atoms with E-state index in [4.69, 9.17) is 5.11 Å². The lowest BCUT2D eigenvalue weighted by Crippen LogP contribution is -2.30. The van der Waals surface area contributed by atoms with Crippen LogP contribution >= 0.6 is 0 Å². The van der Waals surface area contributed by atoms with E-state index in [9.17, 15) is 13.2 Å². The topological polar surface area (TPSA) is 96.4 Å². The van der Waals surface area contributed by atoms with Crippen LogP contribution in [0.4, 0.5) is 0 Å². The first-order valence-electron chi connectivity index (χ1n) is 7.11. The van der Waals surface area contributed by atoms with Crippen molar-refractivity contribution in [2.45, 2.75) is 11.5 Å². The van der Waals surface area contributed by atoms with Crippen molar-refractivity contribution in [2.24, 2.45) is 0 Å².